The molecule has 25 heavy (non-hydrogen) atoms. The van der Waals surface area contributed by atoms with E-state index in [9.17, 15) is 19.4 Å². The van der Waals surface area contributed by atoms with Gasteiger partial charge in [-0.3, -0.25) is 0 Å². The van der Waals surface area contributed by atoms with E-state index in [2.05, 4.69) is 0 Å². The van der Waals surface area contributed by atoms with Gasteiger partial charge in [-0.2, -0.15) is 5.26 Å². The van der Waals surface area contributed by atoms with Crippen LogP contribution in [-0.2, 0) is 4.74 Å². The zero-order valence-electron chi connectivity index (χ0n) is 14.3. The van der Waals surface area contributed by atoms with E-state index in [1.807, 2.05) is 0 Å². The standard InChI is InChI=1S/C17H21FN2O5/c1-16(2,3)25-15(22)20-8-14(17(23,9-20)10-21)24-12-5-4-11(7-19)13(18)6-12/h4-6,14,21,23H,8-10H2,1-3H3. The topological polar surface area (TPSA) is 103 Å². The maximum atomic E-state index is 13.7. The van der Waals surface area contributed by atoms with E-state index in [0.29, 0.717) is 0 Å². The second-order valence-corrected chi connectivity index (χ2v) is 6.98. The number of benzene rings is 1. The first-order valence-corrected chi connectivity index (χ1v) is 7.75. The summed E-state index contributed by atoms with van der Waals surface area (Å²) in [5.74, 6) is -0.672. The van der Waals surface area contributed by atoms with Crippen LogP contribution in [0.4, 0.5) is 9.18 Å². The number of likely N-dealkylation sites (tertiary alicyclic amines) is 1. The quantitative estimate of drug-likeness (QED) is 0.853. The van der Waals surface area contributed by atoms with Gasteiger partial charge in [0.05, 0.1) is 25.3 Å². The Morgan fingerprint density at radius 1 is 1.52 bits per heavy atom. The Morgan fingerprint density at radius 3 is 2.72 bits per heavy atom. The number of amides is 1. The van der Waals surface area contributed by atoms with Crippen molar-refractivity contribution >= 4 is 6.09 Å². The van der Waals surface area contributed by atoms with Crippen LogP contribution in [0, 0.1) is 17.1 Å². The van der Waals surface area contributed by atoms with E-state index in [-0.39, 0.29) is 24.4 Å². The highest BCUT2D eigenvalue weighted by Gasteiger charge is 2.49. The molecule has 2 atom stereocenters. The number of carbonyl (C=O) groups excluding carboxylic acids is 1. The molecule has 1 saturated heterocycles. The Balaban J connectivity index is 2.15. The van der Waals surface area contributed by atoms with Gasteiger partial charge in [0.1, 0.15) is 34.9 Å². The first kappa shape index (κ1) is 19.0. The predicted octanol–water partition coefficient (Wildman–Crippen LogP) is 1.42. The number of hydrogen-bond donors (Lipinski definition) is 2. The Morgan fingerprint density at radius 2 is 2.20 bits per heavy atom. The minimum Gasteiger partial charge on any atom is -0.485 e. The number of ether oxygens (including phenoxy) is 2. The predicted molar refractivity (Wildman–Crippen MR) is 85.4 cm³/mol. The van der Waals surface area contributed by atoms with Crippen LogP contribution in [0.3, 0.4) is 0 Å². The fourth-order valence-electron chi connectivity index (χ4n) is 2.46. The molecule has 1 aromatic carbocycles. The second kappa shape index (κ2) is 6.86. The average Bonchev–Trinajstić information content (AvgIpc) is 2.84. The third-order valence-corrected chi connectivity index (χ3v) is 3.72. The molecule has 1 aliphatic rings. The number of rotatable bonds is 3. The fraction of sp³-hybridized carbons (Fsp3) is 0.529. The third kappa shape index (κ3) is 4.38. The number of halogens is 1. The van der Waals surface area contributed by atoms with Crippen molar-refractivity contribution in [2.45, 2.75) is 38.1 Å². The summed E-state index contributed by atoms with van der Waals surface area (Å²) in [7, 11) is 0. The molecule has 1 aromatic rings. The van der Waals surface area contributed by atoms with Gasteiger partial charge in [0.2, 0.25) is 0 Å². The minimum atomic E-state index is -1.71. The normalized spacial score (nSPS) is 23.2. The number of carbonyl (C=O) groups is 1. The summed E-state index contributed by atoms with van der Waals surface area (Å²) in [6, 6.07) is 5.36. The molecule has 2 N–H and O–H groups in total. The van der Waals surface area contributed by atoms with Crippen LogP contribution in [0.15, 0.2) is 18.2 Å². The fourth-order valence-corrected chi connectivity index (χ4v) is 2.46. The molecule has 2 unspecified atom stereocenters. The molecule has 1 fully saturated rings. The number of hydrogen-bond acceptors (Lipinski definition) is 6. The van der Waals surface area contributed by atoms with Gasteiger partial charge in [0.15, 0.2) is 0 Å². The lowest BCUT2D eigenvalue weighted by Crippen LogP contribution is -2.48. The lowest BCUT2D eigenvalue weighted by molar-refractivity contribution is -0.0653. The van der Waals surface area contributed by atoms with E-state index in [4.69, 9.17) is 14.7 Å². The molecular weight excluding hydrogens is 331 g/mol. The van der Waals surface area contributed by atoms with Crippen LogP contribution in [0.25, 0.3) is 0 Å². The molecule has 0 aliphatic carbocycles. The summed E-state index contributed by atoms with van der Waals surface area (Å²) in [6.45, 7) is 4.29. The van der Waals surface area contributed by atoms with Crippen molar-refractivity contribution in [1.82, 2.24) is 4.90 Å². The summed E-state index contributed by atoms with van der Waals surface area (Å²) >= 11 is 0. The highest BCUT2D eigenvalue weighted by Crippen LogP contribution is 2.28. The van der Waals surface area contributed by atoms with Crippen LogP contribution >= 0.6 is 0 Å². The summed E-state index contributed by atoms with van der Waals surface area (Å²) in [4.78, 5) is 13.4. The molecule has 136 valence electrons. The van der Waals surface area contributed by atoms with Crippen LogP contribution in [-0.4, -0.2) is 58.2 Å². The van der Waals surface area contributed by atoms with Gasteiger partial charge in [-0.15, -0.1) is 0 Å². The molecule has 0 radical (unpaired) electrons. The molecule has 1 aliphatic heterocycles. The van der Waals surface area contributed by atoms with Gasteiger partial charge in [0.25, 0.3) is 0 Å². The van der Waals surface area contributed by atoms with Gasteiger partial charge in [-0.1, -0.05) is 0 Å². The van der Waals surface area contributed by atoms with Gasteiger partial charge in [-0.05, 0) is 32.9 Å². The van der Waals surface area contributed by atoms with Crippen molar-refractivity contribution in [2.24, 2.45) is 0 Å². The lowest BCUT2D eigenvalue weighted by Gasteiger charge is -2.27. The van der Waals surface area contributed by atoms with E-state index in [1.165, 1.54) is 17.0 Å². The number of aliphatic hydroxyl groups excluding tert-OH is 1. The summed E-state index contributed by atoms with van der Waals surface area (Å²) < 4.78 is 24.5. The van der Waals surface area contributed by atoms with E-state index < -0.39 is 35.8 Å². The Hall–Kier alpha value is -2.37. The van der Waals surface area contributed by atoms with Crippen molar-refractivity contribution in [3.05, 3.63) is 29.6 Å². The Labute approximate surface area is 145 Å². The van der Waals surface area contributed by atoms with Crippen LogP contribution in [0.1, 0.15) is 26.3 Å². The summed E-state index contributed by atoms with van der Waals surface area (Å²) in [5, 5.41) is 28.8. The van der Waals surface area contributed by atoms with Gasteiger partial charge in [0, 0.05) is 6.07 Å². The monoisotopic (exact) mass is 352 g/mol. The van der Waals surface area contributed by atoms with E-state index in [0.717, 1.165) is 6.07 Å². The first-order valence-electron chi connectivity index (χ1n) is 7.75. The number of aliphatic hydroxyl groups is 2. The molecule has 1 amide bonds. The molecule has 7 nitrogen and oxygen atoms in total. The molecule has 0 spiro atoms. The van der Waals surface area contributed by atoms with Crippen LogP contribution in [0.5, 0.6) is 5.75 Å². The molecule has 0 aromatic heterocycles. The largest absolute Gasteiger partial charge is 0.485 e. The first-order chi connectivity index (χ1) is 11.6. The number of nitriles is 1. The molecular formula is C17H21FN2O5. The molecule has 0 bridgehead atoms. The minimum absolute atomic E-state index is 0.0341. The molecule has 8 heteroatoms. The SMILES string of the molecule is CC(C)(C)OC(=O)N1CC(Oc2ccc(C#N)c(F)c2)C(O)(CO)C1. The molecule has 2 rings (SSSR count). The zero-order chi connectivity index (χ0) is 18.8. The Bertz CT molecular complexity index is 697. The molecule has 1 heterocycles. The van der Waals surface area contributed by atoms with Crippen LogP contribution < -0.4 is 4.74 Å². The highest BCUT2D eigenvalue weighted by atomic mass is 19.1. The van der Waals surface area contributed by atoms with Gasteiger partial charge in [-0.25, -0.2) is 9.18 Å². The summed E-state index contributed by atoms with van der Waals surface area (Å²) in [6.07, 6.45) is -1.62. The maximum absolute atomic E-state index is 13.7. The van der Waals surface area contributed by atoms with Crippen molar-refractivity contribution in [3.8, 4) is 11.8 Å². The second-order valence-electron chi connectivity index (χ2n) is 6.98. The highest BCUT2D eigenvalue weighted by molar-refractivity contribution is 5.69. The van der Waals surface area contributed by atoms with Gasteiger partial charge >= 0.3 is 6.09 Å². The van der Waals surface area contributed by atoms with Crippen molar-refractivity contribution in [2.75, 3.05) is 19.7 Å². The van der Waals surface area contributed by atoms with Crippen molar-refractivity contribution < 1.29 is 28.9 Å². The zero-order valence-corrected chi connectivity index (χ0v) is 14.3. The van der Waals surface area contributed by atoms with Crippen molar-refractivity contribution in [1.29, 1.82) is 5.26 Å². The lowest BCUT2D eigenvalue weighted by atomic mass is 10.0. The number of nitrogens with zero attached hydrogens (tertiary/aromatic N) is 2. The third-order valence-electron chi connectivity index (χ3n) is 3.72. The summed E-state index contributed by atoms with van der Waals surface area (Å²) in [5.41, 5.74) is -2.54. The molecule has 0 saturated carbocycles. The van der Waals surface area contributed by atoms with E-state index in [1.54, 1.807) is 26.8 Å². The Kier molecular flexibility index (Phi) is 5.20. The maximum Gasteiger partial charge on any atom is 0.410 e. The van der Waals surface area contributed by atoms with E-state index >= 15 is 0 Å². The van der Waals surface area contributed by atoms with Gasteiger partial charge < -0.3 is 24.6 Å². The number of β-amino-alcohol motifs (C(OH)–C–C–N with tert-alkyl or cyclic N) is 1. The van der Waals surface area contributed by atoms with Crippen molar-refractivity contribution in [3.63, 3.8) is 0 Å². The average molecular weight is 352 g/mol. The van der Waals surface area contributed by atoms with Crippen LogP contribution in [0.2, 0.25) is 0 Å². The smallest absolute Gasteiger partial charge is 0.410 e.